The third kappa shape index (κ3) is 4.88. The van der Waals surface area contributed by atoms with Gasteiger partial charge in [0.1, 0.15) is 5.75 Å². The molecule has 0 radical (unpaired) electrons. The van der Waals surface area contributed by atoms with E-state index in [1.165, 1.54) is 27.4 Å². The van der Waals surface area contributed by atoms with Gasteiger partial charge in [-0.05, 0) is 25.1 Å². The maximum Gasteiger partial charge on any atom is 0.243 e. The minimum Gasteiger partial charge on any atom is -0.492 e. The van der Waals surface area contributed by atoms with Crippen molar-refractivity contribution < 1.29 is 22.8 Å². The van der Waals surface area contributed by atoms with Crippen molar-refractivity contribution in [1.82, 2.24) is 9.21 Å². The molecule has 0 atom stereocenters. The molecule has 9 heteroatoms. The molecule has 1 aliphatic heterocycles. The van der Waals surface area contributed by atoms with Crippen LogP contribution in [0, 0.1) is 0 Å². The highest BCUT2D eigenvalue weighted by molar-refractivity contribution is 7.89. The van der Waals surface area contributed by atoms with Gasteiger partial charge in [0.2, 0.25) is 15.9 Å². The van der Waals surface area contributed by atoms with Gasteiger partial charge in [0.25, 0.3) is 0 Å². The molecule has 0 saturated carbocycles. The van der Waals surface area contributed by atoms with Gasteiger partial charge in [-0.15, -0.1) is 0 Å². The largest absolute Gasteiger partial charge is 0.492 e. The van der Waals surface area contributed by atoms with Gasteiger partial charge in [0.15, 0.2) is 0 Å². The molecule has 1 aliphatic rings. The van der Waals surface area contributed by atoms with Crippen LogP contribution < -0.4 is 9.64 Å². The monoisotopic (exact) mass is 404 g/mol. The molecule has 0 aromatic heterocycles. The van der Waals surface area contributed by atoms with Gasteiger partial charge < -0.3 is 14.5 Å². The number of amides is 1. The number of quaternary nitrogens is 1. The molecule has 0 unspecified atom stereocenters. The highest BCUT2D eigenvalue weighted by Gasteiger charge is 2.29. The summed E-state index contributed by atoms with van der Waals surface area (Å²) in [6.07, 6.45) is 0. The van der Waals surface area contributed by atoms with Gasteiger partial charge in [-0.1, -0.05) is 18.5 Å². The van der Waals surface area contributed by atoms with Crippen molar-refractivity contribution in [3.63, 3.8) is 0 Å². The van der Waals surface area contributed by atoms with Crippen LogP contribution in [-0.4, -0.2) is 76.5 Å². The van der Waals surface area contributed by atoms with Crippen LogP contribution in [0.2, 0.25) is 5.02 Å². The summed E-state index contributed by atoms with van der Waals surface area (Å²) in [6.45, 7) is 7.07. The van der Waals surface area contributed by atoms with Crippen molar-refractivity contribution in [2.24, 2.45) is 0 Å². The Hall–Kier alpha value is -1.35. The lowest BCUT2D eigenvalue weighted by molar-refractivity contribution is -0.883. The predicted octanol–water partition coefficient (Wildman–Crippen LogP) is 0.106. The number of carbonyl (C=O) groups is 1. The number of nitrogens with one attached hydrogen (secondary N) is 1. The van der Waals surface area contributed by atoms with Crippen LogP contribution in [-0.2, 0) is 14.8 Å². The van der Waals surface area contributed by atoms with Crippen LogP contribution in [0.3, 0.4) is 0 Å². The molecule has 26 heavy (non-hydrogen) atoms. The smallest absolute Gasteiger partial charge is 0.243 e. The standard InChI is InChI=1S/C17H26ClN3O4S/c1-4-21(13-17(22)20-10-8-19(3)9-11-20)26(23,24)14-6-7-16(25-5-2)15(18)12-14/h6-7,12H,4-5,8-11,13H2,1-3H3/p+1. The lowest BCUT2D eigenvalue weighted by Gasteiger charge is -2.31. The van der Waals surface area contributed by atoms with E-state index in [-0.39, 0.29) is 28.9 Å². The van der Waals surface area contributed by atoms with E-state index in [0.29, 0.717) is 25.4 Å². The number of likely N-dealkylation sites (N-methyl/N-ethyl adjacent to an activating group) is 2. The van der Waals surface area contributed by atoms with E-state index in [1.807, 2.05) is 6.92 Å². The van der Waals surface area contributed by atoms with Crippen LogP contribution in [0.25, 0.3) is 0 Å². The summed E-state index contributed by atoms with van der Waals surface area (Å²) in [4.78, 5) is 15.7. The van der Waals surface area contributed by atoms with Gasteiger partial charge in [-0.25, -0.2) is 8.42 Å². The fourth-order valence-corrected chi connectivity index (χ4v) is 4.54. The zero-order valence-corrected chi connectivity index (χ0v) is 17.1. The summed E-state index contributed by atoms with van der Waals surface area (Å²) >= 11 is 6.12. The van der Waals surface area contributed by atoms with Crippen molar-refractivity contribution in [2.45, 2.75) is 18.7 Å². The highest BCUT2D eigenvalue weighted by Crippen LogP contribution is 2.28. The van der Waals surface area contributed by atoms with E-state index in [4.69, 9.17) is 16.3 Å². The van der Waals surface area contributed by atoms with E-state index in [0.717, 1.165) is 13.1 Å². The van der Waals surface area contributed by atoms with E-state index < -0.39 is 10.0 Å². The third-order valence-corrected chi connectivity index (χ3v) is 6.69. The summed E-state index contributed by atoms with van der Waals surface area (Å²) in [5.41, 5.74) is 0. The van der Waals surface area contributed by atoms with Crippen molar-refractivity contribution in [2.75, 3.05) is 52.9 Å². The average molecular weight is 405 g/mol. The Morgan fingerprint density at radius 2 is 1.96 bits per heavy atom. The van der Waals surface area contributed by atoms with Crippen molar-refractivity contribution >= 4 is 27.5 Å². The molecule has 1 aromatic carbocycles. The summed E-state index contributed by atoms with van der Waals surface area (Å²) in [7, 11) is -1.73. The van der Waals surface area contributed by atoms with Gasteiger partial charge >= 0.3 is 0 Å². The Bertz CT molecular complexity index is 734. The average Bonchev–Trinajstić information content (AvgIpc) is 2.61. The first kappa shape index (κ1) is 21.0. The molecular weight excluding hydrogens is 378 g/mol. The number of piperazine rings is 1. The summed E-state index contributed by atoms with van der Waals surface area (Å²) in [5.74, 6) is 0.270. The fraction of sp³-hybridized carbons (Fsp3) is 0.588. The van der Waals surface area contributed by atoms with Gasteiger partial charge in [-0.3, -0.25) is 4.79 Å². The fourth-order valence-electron chi connectivity index (χ4n) is 2.82. The number of halogens is 1. The number of hydrogen-bond donors (Lipinski definition) is 1. The van der Waals surface area contributed by atoms with Crippen LogP contribution in [0.4, 0.5) is 0 Å². The van der Waals surface area contributed by atoms with Crippen LogP contribution in [0.1, 0.15) is 13.8 Å². The molecule has 1 fully saturated rings. The molecule has 0 bridgehead atoms. The Morgan fingerprint density at radius 1 is 1.31 bits per heavy atom. The Balaban J connectivity index is 2.14. The molecule has 1 heterocycles. The third-order valence-electron chi connectivity index (χ3n) is 4.47. The lowest BCUT2D eigenvalue weighted by atomic mass is 10.3. The topological polar surface area (TPSA) is 71.4 Å². The van der Waals surface area contributed by atoms with Gasteiger partial charge in [0.05, 0.1) is 56.3 Å². The number of carbonyl (C=O) groups excluding carboxylic acids is 1. The van der Waals surface area contributed by atoms with Crippen molar-refractivity contribution in [3.05, 3.63) is 23.2 Å². The van der Waals surface area contributed by atoms with E-state index in [1.54, 1.807) is 11.8 Å². The summed E-state index contributed by atoms with van der Waals surface area (Å²) in [6, 6.07) is 4.37. The molecule has 7 nitrogen and oxygen atoms in total. The first-order valence-corrected chi connectivity index (χ1v) is 10.6. The second-order valence-corrected chi connectivity index (χ2v) is 8.64. The highest BCUT2D eigenvalue weighted by atomic mass is 35.5. The zero-order valence-electron chi connectivity index (χ0n) is 15.5. The number of hydrogen-bond acceptors (Lipinski definition) is 4. The number of rotatable bonds is 7. The lowest BCUT2D eigenvalue weighted by Crippen LogP contribution is -3.12. The Morgan fingerprint density at radius 3 is 2.50 bits per heavy atom. The van der Waals surface area contributed by atoms with E-state index in [9.17, 15) is 13.2 Å². The molecule has 2 rings (SSSR count). The van der Waals surface area contributed by atoms with E-state index in [2.05, 4.69) is 7.05 Å². The number of benzene rings is 1. The molecule has 0 spiro atoms. The number of nitrogens with zero attached hydrogens (tertiary/aromatic N) is 2. The van der Waals surface area contributed by atoms with Crippen LogP contribution >= 0.6 is 11.6 Å². The second kappa shape index (κ2) is 9.03. The van der Waals surface area contributed by atoms with Crippen LogP contribution in [0.15, 0.2) is 23.1 Å². The minimum absolute atomic E-state index is 0.0587. The molecule has 1 amide bonds. The maximum atomic E-state index is 12.9. The normalized spacial score (nSPS) is 16.1. The molecular formula is C17H27ClN3O4S+. The molecule has 146 valence electrons. The minimum atomic E-state index is -3.81. The Labute approximate surface area is 160 Å². The zero-order chi connectivity index (χ0) is 19.3. The summed E-state index contributed by atoms with van der Waals surface area (Å²) < 4.78 is 32.3. The van der Waals surface area contributed by atoms with E-state index >= 15 is 0 Å². The number of ether oxygens (including phenoxy) is 1. The summed E-state index contributed by atoms with van der Waals surface area (Å²) in [5, 5.41) is 0.234. The van der Waals surface area contributed by atoms with Crippen molar-refractivity contribution in [1.29, 1.82) is 0 Å². The maximum absolute atomic E-state index is 12.9. The predicted molar refractivity (Wildman–Crippen MR) is 100 cm³/mol. The number of sulfonamides is 1. The van der Waals surface area contributed by atoms with Crippen LogP contribution in [0.5, 0.6) is 5.75 Å². The molecule has 0 aliphatic carbocycles. The first-order valence-electron chi connectivity index (χ1n) is 8.81. The molecule has 1 N–H and O–H groups in total. The molecule has 1 aromatic rings. The van der Waals surface area contributed by atoms with Crippen molar-refractivity contribution in [3.8, 4) is 5.75 Å². The molecule has 1 saturated heterocycles. The Kier molecular flexibility index (Phi) is 7.28. The van der Waals surface area contributed by atoms with Gasteiger partial charge in [0, 0.05) is 6.54 Å². The van der Waals surface area contributed by atoms with Gasteiger partial charge in [-0.2, -0.15) is 4.31 Å². The second-order valence-electron chi connectivity index (χ2n) is 6.29. The quantitative estimate of drug-likeness (QED) is 0.700. The first-order chi connectivity index (χ1) is 12.3. The SMILES string of the molecule is CCOc1ccc(S(=O)(=O)N(CC)CC(=O)N2CC[NH+](C)CC2)cc1Cl.